The first kappa shape index (κ1) is 13.3. The van der Waals surface area contributed by atoms with Gasteiger partial charge in [0.15, 0.2) is 0 Å². The minimum absolute atomic E-state index is 0.571. The molecule has 0 aliphatic carbocycles. The number of nitrogens with zero attached hydrogens (tertiary/aromatic N) is 2. The molecule has 0 bridgehead atoms. The van der Waals surface area contributed by atoms with Crippen LogP contribution in [-0.4, -0.2) is 52.2 Å². The van der Waals surface area contributed by atoms with Gasteiger partial charge in [-0.25, -0.2) is 4.79 Å². The number of aromatic nitrogens is 1. The number of carbonyl (C=O) groups is 1. The van der Waals surface area contributed by atoms with E-state index in [4.69, 9.17) is 16.7 Å². The van der Waals surface area contributed by atoms with Gasteiger partial charge in [0.05, 0.1) is 0 Å². The summed E-state index contributed by atoms with van der Waals surface area (Å²) in [6.07, 6.45) is -0.829. The lowest BCUT2D eigenvalue weighted by Gasteiger charge is -2.32. The van der Waals surface area contributed by atoms with Crippen LogP contribution in [0.2, 0.25) is 5.02 Å². The molecule has 1 aliphatic heterocycles. The van der Waals surface area contributed by atoms with Gasteiger partial charge in [-0.3, -0.25) is 4.90 Å². The summed E-state index contributed by atoms with van der Waals surface area (Å²) in [7, 11) is 0. The van der Waals surface area contributed by atoms with Crippen molar-refractivity contribution in [2.24, 2.45) is 0 Å². The lowest BCUT2D eigenvalue weighted by Crippen LogP contribution is -2.47. The topological polar surface area (TPSA) is 59.6 Å². The Hall–Kier alpha value is -1.72. The number of rotatable bonds is 2. The predicted molar refractivity (Wildman–Crippen MR) is 78.2 cm³/mol. The van der Waals surface area contributed by atoms with E-state index in [1.165, 1.54) is 4.90 Å². The number of piperazine rings is 1. The average molecular weight is 294 g/mol. The summed E-state index contributed by atoms with van der Waals surface area (Å²) in [6.45, 7) is 3.48. The summed E-state index contributed by atoms with van der Waals surface area (Å²) in [5.41, 5.74) is 2.21. The molecular formula is C14H16ClN3O2. The van der Waals surface area contributed by atoms with Gasteiger partial charge in [-0.05, 0) is 24.3 Å². The first-order chi connectivity index (χ1) is 9.61. The van der Waals surface area contributed by atoms with Crippen LogP contribution in [-0.2, 0) is 6.54 Å². The molecule has 0 saturated carbocycles. The van der Waals surface area contributed by atoms with Crippen LogP contribution in [0.15, 0.2) is 24.3 Å². The molecule has 1 amide bonds. The standard InChI is InChI=1S/C14H16ClN3O2/c15-11-1-2-13-10(7-11)8-12(16-13)9-17-3-5-18(6-4-17)14(19)20/h1-2,7-8,16H,3-6,9H2,(H,19,20). The lowest BCUT2D eigenvalue weighted by molar-refractivity contribution is 0.102. The largest absolute Gasteiger partial charge is 0.465 e. The Kier molecular flexibility index (Phi) is 3.54. The number of carboxylic acid groups (broad SMARTS) is 1. The van der Waals surface area contributed by atoms with Gasteiger partial charge < -0.3 is 15.0 Å². The number of hydrogen-bond donors (Lipinski definition) is 2. The summed E-state index contributed by atoms with van der Waals surface area (Å²) in [5.74, 6) is 0. The van der Waals surface area contributed by atoms with Gasteiger partial charge >= 0.3 is 6.09 Å². The number of hydrogen-bond acceptors (Lipinski definition) is 2. The number of H-pyrrole nitrogens is 1. The number of benzene rings is 1. The summed E-state index contributed by atoms with van der Waals surface area (Å²) < 4.78 is 0. The molecule has 2 N–H and O–H groups in total. The molecule has 3 rings (SSSR count). The molecule has 1 aromatic heterocycles. The Morgan fingerprint density at radius 3 is 2.70 bits per heavy atom. The van der Waals surface area contributed by atoms with Crippen molar-refractivity contribution in [1.82, 2.24) is 14.8 Å². The van der Waals surface area contributed by atoms with Gasteiger partial charge in [0.2, 0.25) is 0 Å². The van der Waals surface area contributed by atoms with E-state index in [2.05, 4.69) is 16.0 Å². The quantitative estimate of drug-likeness (QED) is 0.895. The first-order valence-corrected chi connectivity index (χ1v) is 6.97. The van der Waals surface area contributed by atoms with E-state index in [9.17, 15) is 4.79 Å². The van der Waals surface area contributed by atoms with Crippen molar-refractivity contribution in [3.8, 4) is 0 Å². The minimum Gasteiger partial charge on any atom is -0.465 e. The molecule has 1 saturated heterocycles. The van der Waals surface area contributed by atoms with Gasteiger partial charge in [0.1, 0.15) is 0 Å². The zero-order valence-corrected chi connectivity index (χ0v) is 11.7. The molecule has 5 nitrogen and oxygen atoms in total. The predicted octanol–water partition coefficient (Wildman–Crippen LogP) is 2.62. The SMILES string of the molecule is O=C(O)N1CCN(Cc2cc3cc(Cl)ccc3[nH]2)CC1. The van der Waals surface area contributed by atoms with Crippen molar-refractivity contribution in [3.05, 3.63) is 35.0 Å². The number of halogens is 1. The van der Waals surface area contributed by atoms with Crippen LogP contribution in [0.1, 0.15) is 5.69 Å². The van der Waals surface area contributed by atoms with Gasteiger partial charge in [-0.1, -0.05) is 11.6 Å². The van der Waals surface area contributed by atoms with E-state index >= 15 is 0 Å². The summed E-state index contributed by atoms with van der Waals surface area (Å²) in [5, 5.41) is 10.8. The highest BCUT2D eigenvalue weighted by molar-refractivity contribution is 6.31. The van der Waals surface area contributed by atoms with Gasteiger partial charge in [-0.2, -0.15) is 0 Å². The molecule has 1 aromatic carbocycles. The smallest absolute Gasteiger partial charge is 0.407 e. The highest BCUT2D eigenvalue weighted by Gasteiger charge is 2.20. The van der Waals surface area contributed by atoms with Crippen molar-refractivity contribution in [3.63, 3.8) is 0 Å². The van der Waals surface area contributed by atoms with Gasteiger partial charge in [-0.15, -0.1) is 0 Å². The monoisotopic (exact) mass is 293 g/mol. The molecular weight excluding hydrogens is 278 g/mol. The lowest BCUT2D eigenvalue weighted by atomic mass is 10.2. The third-order valence-electron chi connectivity index (χ3n) is 3.68. The maximum absolute atomic E-state index is 10.9. The van der Waals surface area contributed by atoms with Crippen LogP contribution in [0.3, 0.4) is 0 Å². The van der Waals surface area contributed by atoms with Crippen molar-refractivity contribution < 1.29 is 9.90 Å². The van der Waals surface area contributed by atoms with Crippen molar-refractivity contribution in [2.75, 3.05) is 26.2 Å². The van der Waals surface area contributed by atoms with Crippen LogP contribution < -0.4 is 0 Å². The maximum atomic E-state index is 10.9. The molecule has 2 heterocycles. The van der Waals surface area contributed by atoms with Gasteiger partial charge in [0.25, 0.3) is 0 Å². The third-order valence-corrected chi connectivity index (χ3v) is 3.91. The molecule has 6 heteroatoms. The minimum atomic E-state index is -0.829. The van der Waals surface area contributed by atoms with E-state index < -0.39 is 6.09 Å². The Morgan fingerprint density at radius 2 is 2.00 bits per heavy atom. The first-order valence-electron chi connectivity index (χ1n) is 6.59. The Labute approximate surface area is 121 Å². The molecule has 1 aliphatic rings. The van der Waals surface area contributed by atoms with Crippen molar-refractivity contribution >= 4 is 28.6 Å². The zero-order chi connectivity index (χ0) is 14.1. The Balaban J connectivity index is 1.66. The molecule has 20 heavy (non-hydrogen) atoms. The second kappa shape index (κ2) is 5.34. The Morgan fingerprint density at radius 1 is 1.25 bits per heavy atom. The average Bonchev–Trinajstić information content (AvgIpc) is 2.80. The van der Waals surface area contributed by atoms with E-state index in [1.54, 1.807) is 0 Å². The molecule has 1 fully saturated rings. The molecule has 0 unspecified atom stereocenters. The van der Waals surface area contributed by atoms with E-state index in [0.717, 1.165) is 41.3 Å². The number of aromatic amines is 1. The highest BCUT2D eigenvalue weighted by atomic mass is 35.5. The fraction of sp³-hybridized carbons (Fsp3) is 0.357. The summed E-state index contributed by atoms with van der Waals surface area (Å²) in [4.78, 5) is 17.9. The molecule has 106 valence electrons. The normalized spacial score (nSPS) is 16.8. The fourth-order valence-corrected chi connectivity index (χ4v) is 2.77. The Bertz CT molecular complexity index is 632. The highest BCUT2D eigenvalue weighted by Crippen LogP contribution is 2.21. The maximum Gasteiger partial charge on any atom is 0.407 e. The van der Waals surface area contributed by atoms with E-state index in [0.29, 0.717) is 13.1 Å². The van der Waals surface area contributed by atoms with Crippen molar-refractivity contribution in [2.45, 2.75) is 6.54 Å². The van der Waals surface area contributed by atoms with E-state index in [1.807, 2.05) is 18.2 Å². The summed E-state index contributed by atoms with van der Waals surface area (Å²) in [6, 6.07) is 7.89. The fourth-order valence-electron chi connectivity index (χ4n) is 2.59. The number of amides is 1. The number of nitrogens with one attached hydrogen (secondary N) is 1. The van der Waals surface area contributed by atoms with Gasteiger partial charge in [0, 0.05) is 54.3 Å². The third kappa shape index (κ3) is 2.73. The second-order valence-electron chi connectivity index (χ2n) is 5.07. The van der Waals surface area contributed by atoms with Crippen LogP contribution in [0.4, 0.5) is 4.79 Å². The summed E-state index contributed by atoms with van der Waals surface area (Å²) >= 11 is 5.98. The molecule has 0 radical (unpaired) electrons. The molecule has 2 aromatic rings. The van der Waals surface area contributed by atoms with Crippen LogP contribution >= 0.6 is 11.6 Å². The number of fused-ring (bicyclic) bond motifs is 1. The van der Waals surface area contributed by atoms with Crippen molar-refractivity contribution in [1.29, 1.82) is 0 Å². The van der Waals surface area contributed by atoms with Crippen LogP contribution in [0.5, 0.6) is 0 Å². The van der Waals surface area contributed by atoms with E-state index in [-0.39, 0.29) is 0 Å². The molecule has 0 atom stereocenters. The van der Waals surface area contributed by atoms with Crippen LogP contribution in [0, 0.1) is 0 Å². The van der Waals surface area contributed by atoms with Crippen LogP contribution in [0.25, 0.3) is 10.9 Å². The molecule has 0 spiro atoms. The second-order valence-corrected chi connectivity index (χ2v) is 5.51. The zero-order valence-electron chi connectivity index (χ0n) is 11.0.